The van der Waals surface area contributed by atoms with E-state index in [0.717, 1.165) is 15.3 Å². The zero-order valence-electron chi connectivity index (χ0n) is 9.43. The highest BCUT2D eigenvalue weighted by molar-refractivity contribution is 14.1. The molecular weight excluding hydrogens is 335 g/mol. The van der Waals surface area contributed by atoms with Gasteiger partial charge >= 0.3 is 6.09 Å². The highest BCUT2D eigenvalue weighted by atomic mass is 127. The molecule has 0 unspecified atom stereocenters. The fourth-order valence-corrected chi connectivity index (χ4v) is 2.43. The van der Waals surface area contributed by atoms with Crippen LogP contribution in [0.3, 0.4) is 0 Å². The molecule has 1 amide bonds. The third-order valence-corrected chi connectivity index (χ3v) is 3.22. The Morgan fingerprint density at radius 2 is 2.00 bits per heavy atom. The molecule has 6 nitrogen and oxygen atoms in total. The normalized spacial score (nSPS) is 16.1. The Labute approximate surface area is 113 Å². The number of aromatic nitrogens is 2. The highest BCUT2D eigenvalue weighted by Crippen LogP contribution is 2.16. The zero-order valence-corrected chi connectivity index (χ0v) is 11.6. The molecule has 1 aliphatic rings. The molecule has 1 aromatic heterocycles. The molecule has 92 valence electrons. The molecule has 0 atom stereocenters. The molecule has 17 heavy (non-hydrogen) atoms. The topological polar surface area (TPSA) is 69.6 Å². The maximum atomic E-state index is 10.8. The summed E-state index contributed by atoms with van der Waals surface area (Å²) in [5.74, 6) is 1.62. The average Bonchev–Trinajstić information content (AvgIpc) is 2.28. The van der Waals surface area contributed by atoms with Crippen molar-refractivity contribution in [2.24, 2.45) is 0 Å². The number of carboxylic acid groups (broad SMARTS) is 1. The van der Waals surface area contributed by atoms with E-state index in [0.29, 0.717) is 26.2 Å². The van der Waals surface area contributed by atoms with Gasteiger partial charge in [-0.3, -0.25) is 0 Å². The Hall–Kier alpha value is -1.12. The summed E-state index contributed by atoms with van der Waals surface area (Å²) in [5.41, 5.74) is 0. The average molecular weight is 348 g/mol. The highest BCUT2D eigenvalue weighted by Gasteiger charge is 2.21. The Balaban J connectivity index is 2.07. The number of hydrogen-bond donors (Lipinski definition) is 1. The molecule has 0 radical (unpaired) electrons. The quantitative estimate of drug-likeness (QED) is 0.610. The van der Waals surface area contributed by atoms with Gasteiger partial charge in [0.15, 0.2) is 0 Å². The summed E-state index contributed by atoms with van der Waals surface area (Å²) in [4.78, 5) is 22.9. The van der Waals surface area contributed by atoms with Crippen molar-refractivity contribution in [1.82, 2.24) is 14.9 Å². The number of rotatable bonds is 1. The Morgan fingerprint density at radius 1 is 1.35 bits per heavy atom. The van der Waals surface area contributed by atoms with Gasteiger partial charge in [-0.2, -0.15) is 0 Å². The first-order valence-corrected chi connectivity index (χ1v) is 6.38. The molecule has 2 heterocycles. The summed E-state index contributed by atoms with van der Waals surface area (Å²) in [5, 5.41) is 8.86. The molecule has 0 saturated carbocycles. The number of carbonyl (C=O) groups is 1. The number of piperazine rings is 1. The Morgan fingerprint density at radius 3 is 2.53 bits per heavy atom. The van der Waals surface area contributed by atoms with Gasteiger partial charge in [0, 0.05) is 32.2 Å². The summed E-state index contributed by atoms with van der Waals surface area (Å²) in [6, 6.07) is 1.92. The predicted molar refractivity (Wildman–Crippen MR) is 71.3 cm³/mol. The summed E-state index contributed by atoms with van der Waals surface area (Å²) >= 11 is 2.16. The molecule has 1 saturated heterocycles. The van der Waals surface area contributed by atoms with Crippen LogP contribution in [0.4, 0.5) is 10.6 Å². The lowest BCUT2D eigenvalue weighted by Gasteiger charge is -2.33. The maximum absolute atomic E-state index is 10.8. The number of halogens is 1. The van der Waals surface area contributed by atoms with Crippen LogP contribution < -0.4 is 4.90 Å². The molecule has 0 spiro atoms. The molecule has 7 heteroatoms. The molecule has 2 rings (SSSR count). The van der Waals surface area contributed by atoms with Gasteiger partial charge in [0.1, 0.15) is 15.3 Å². The molecule has 1 N–H and O–H groups in total. The van der Waals surface area contributed by atoms with Gasteiger partial charge in [-0.25, -0.2) is 14.8 Å². The number of aryl methyl sites for hydroxylation is 1. The largest absolute Gasteiger partial charge is 0.465 e. The number of amides is 1. The van der Waals surface area contributed by atoms with E-state index in [1.54, 1.807) is 0 Å². The van der Waals surface area contributed by atoms with Crippen molar-refractivity contribution >= 4 is 34.5 Å². The molecule has 0 aliphatic carbocycles. The van der Waals surface area contributed by atoms with Crippen LogP contribution in [0.25, 0.3) is 0 Å². The zero-order chi connectivity index (χ0) is 12.4. The Bertz CT molecular complexity index is 412. The van der Waals surface area contributed by atoms with Gasteiger partial charge in [0.05, 0.1) is 0 Å². The summed E-state index contributed by atoms with van der Waals surface area (Å²) < 4.78 is 0.908. The van der Waals surface area contributed by atoms with Crippen molar-refractivity contribution in [2.45, 2.75) is 6.92 Å². The number of nitrogens with zero attached hydrogens (tertiary/aromatic N) is 4. The summed E-state index contributed by atoms with van der Waals surface area (Å²) in [7, 11) is 0. The SMILES string of the molecule is Cc1nc(I)cc(N2CCN(C(=O)O)CC2)n1. The molecule has 1 fully saturated rings. The van der Waals surface area contributed by atoms with Crippen molar-refractivity contribution in [2.75, 3.05) is 31.1 Å². The molecular formula is C10H13IN4O2. The predicted octanol–water partition coefficient (Wildman–Crippen LogP) is 1.19. The first-order chi connectivity index (χ1) is 8.06. The second-order valence-electron chi connectivity index (χ2n) is 3.85. The molecule has 0 aromatic carbocycles. The molecule has 1 aromatic rings. The van der Waals surface area contributed by atoms with Crippen molar-refractivity contribution in [1.29, 1.82) is 0 Å². The molecule has 1 aliphatic heterocycles. The van der Waals surface area contributed by atoms with Crippen LogP contribution in [0.1, 0.15) is 5.82 Å². The van der Waals surface area contributed by atoms with Crippen LogP contribution in [0, 0.1) is 10.6 Å². The van der Waals surface area contributed by atoms with E-state index in [9.17, 15) is 4.79 Å². The summed E-state index contributed by atoms with van der Waals surface area (Å²) in [6.07, 6.45) is -0.849. The number of anilines is 1. The van der Waals surface area contributed by atoms with Gasteiger partial charge in [0.2, 0.25) is 0 Å². The van der Waals surface area contributed by atoms with E-state index in [-0.39, 0.29) is 0 Å². The van der Waals surface area contributed by atoms with Gasteiger partial charge in [0.25, 0.3) is 0 Å². The van der Waals surface area contributed by atoms with E-state index < -0.39 is 6.09 Å². The second-order valence-corrected chi connectivity index (χ2v) is 4.96. The molecule has 0 bridgehead atoms. The van der Waals surface area contributed by atoms with E-state index in [1.165, 1.54) is 4.90 Å². The van der Waals surface area contributed by atoms with E-state index in [1.807, 2.05) is 13.0 Å². The van der Waals surface area contributed by atoms with Crippen molar-refractivity contribution in [3.8, 4) is 0 Å². The van der Waals surface area contributed by atoms with Crippen LogP contribution in [-0.4, -0.2) is 52.2 Å². The van der Waals surface area contributed by atoms with Crippen LogP contribution in [0.15, 0.2) is 6.07 Å². The number of hydrogen-bond acceptors (Lipinski definition) is 4. The fourth-order valence-electron chi connectivity index (χ4n) is 1.81. The standard InChI is InChI=1S/C10H13IN4O2/c1-7-12-8(11)6-9(13-7)14-2-4-15(5-3-14)10(16)17/h6H,2-5H2,1H3,(H,16,17). The van der Waals surface area contributed by atoms with Gasteiger partial charge in [-0.05, 0) is 29.5 Å². The lowest BCUT2D eigenvalue weighted by atomic mass is 10.3. The second kappa shape index (κ2) is 5.03. The smallest absolute Gasteiger partial charge is 0.407 e. The van der Waals surface area contributed by atoms with Crippen molar-refractivity contribution in [3.63, 3.8) is 0 Å². The summed E-state index contributed by atoms with van der Waals surface area (Å²) in [6.45, 7) is 4.26. The third kappa shape index (κ3) is 2.96. The lowest BCUT2D eigenvalue weighted by Crippen LogP contribution is -2.48. The lowest BCUT2D eigenvalue weighted by molar-refractivity contribution is 0.142. The van der Waals surface area contributed by atoms with Crippen LogP contribution in [-0.2, 0) is 0 Å². The first-order valence-electron chi connectivity index (χ1n) is 5.30. The monoisotopic (exact) mass is 348 g/mol. The van der Waals surface area contributed by atoms with Crippen LogP contribution >= 0.6 is 22.6 Å². The minimum atomic E-state index is -0.849. The Kier molecular flexibility index (Phi) is 3.65. The van der Waals surface area contributed by atoms with E-state index >= 15 is 0 Å². The van der Waals surface area contributed by atoms with Crippen molar-refractivity contribution in [3.05, 3.63) is 15.6 Å². The van der Waals surface area contributed by atoms with Gasteiger partial charge < -0.3 is 14.9 Å². The van der Waals surface area contributed by atoms with Gasteiger partial charge in [-0.15, -0.1) is 0 Å². The van der Waals surface area contributed by atoms with Crippen LogP contribution in [0.2, 0.25) is 0 Å². The van der Waals surface area contributed by atoms with E-state index in [2.05, 4.69) is 37.5 Å². The fraction of sp³-hybridized carbons (Fsp3) is 0.500. The van der Waals surface area contributed by atoms with Gasteiger partial charge in [-0.1, -0.05) is 0 Å². The first kappa shape index (κ1) is 12.3. The van der Waals surface area contributed by atoms with Crippen molar-refractivity contribution < 1.29 is 9.90 Å². The van der Waals surface area contributed by atoms with Crippen LogP contribution in [0.5, 0.6) is 0 Å². The third-order valence-electron chi connectivity index (χ3n) is 2.67. The minimum absolute atomic E-state index is 0.523. The maximum Gasteiger partial charge on any atom is 0.407 e. The minimum Gasteiger partial charge on any atom is -0.465 e. The van der Waals surface area contributed by atoms with E-state index in [4.69, 9.17) is 5.11 Å².